The van der Waals surface area contributed by atoms with Crippen molar-refractivity contribution in [3.8, 4) is 0 Å². The summed E-state index contributed by atoms with van der Waals surface area (Å²) in [4.78, 5) is 2.42. The molecule has 0 fully saturated rings. The van der Waals surface area contributed by atoms with E-state index in [1.807, 2.05) is 13.0 Å². The number of rotatable bonds is 7. The molecule has 0 saturated carbocycles. The molecular weight excluding hydrogens is 234 g/mol. The highest BCUT2D eigenvalue weighted by molar-refractivity contribution is 5.54. The summed E-state index contributed by atoms with van der Waals surface area (Å²) in [6.07, 6.45) is 0.395. The van der Waals surface area contributed by atoms with Crippen LogP contribution in [0.4, 0.5) is 5.69 Å². The molecule has 1 aromatic carbocycles. The summed E-state index contributed by atoms with van der Waals surface area (Å²) in [7, 11) is 0. The lowest BCUT2D eigenvalue weighted by Gasteiger charge is -2.31. The highest BCUT2D eigenvalue weighted by Gasteiger charge is 2.17. The van der Waals surface area contributed by atoms with Gasteiger partial charge in [0.25, 0.3) is 0 Å². The molecule has 0 heterocycles. The predicted molar refractivity (Wildman–Crippen MR) is 83.6 cm³/mol. The fourth-order valence-electron chi connectivity index (χ4n) is 2.43. The number of hydrogen-bond donors (Lipinski definition) is 1. The summed E-state index contributed by atoms with van der Waals surface area (Å²) in [5, 5.41) is 10.2. The predicted octanol–water partition coefficient (Wildman–Crippen LogP) is 4.25. The van der Waals surface area contributed by atoms with Gasteiger partial charge in [0, 0.05) is 24.3 Å². The van der Waals surface area contributed by atoms with Crippen molar-refractivity contribution in [1.29, 1.82) is 0 Å². The van der Waals surface area contributed by atoms with E-state index >= 15 is 0 Å². The van der Waals surface area contributed by atoms with E-state index in [9.17, 15) is 5.11 Å². The summed E-state index contributed by atoms with van der Waals surface area (Å²) >= 11 is 0. The molecule has 0 aliphatic rings. The first-order valence-electron chi connectivity index (χ1n) is 7.47. The van der Waals surface area contributed by atoms with Gasteiger partial charge in [-0.2, -0.15) is 0 Å². The Morgan fingerprint density at radius 2 is 1.53 bits per heavy atom. The van der Waals surface area contributed by atoms with Crippen LogP contribution in [0.15, 0.2) is 24.3 Å². The Balaban J connectivity index is 3.06. The average Bonchev–Trinajstić information content (AvgIpc) is 2.36. The van der Waals surface area contributed by atoms with Gasteiger partial charge in [0.1, 0.15) is 0 Å². The van der Waals surface area contributed by atoms with Gasteiger partial charge in [-0.05, 0) is 24.3 Å². The van der Waals surface area contributed by atoms with Gasteiger partial charge < -0.3 is 10.0 Å². The fourth-order valence-corrected chi connectivity index (χ4v) is 2.43. The van der Waals surface area contributed by atoms with Gasteiger partial charge in [-0.1, -0.05) is 52.8 Å². The van der Waals surface area contributed by atoms with Gasteiger partial charge in [-0.3, -0.25) is 0 Å². The van der Waals surface area contributed by atoms with E-state index in [0.29, 0.717) is 11.8 Å². The molecule has 0 saturated heterocycles. The van der Waals surface area contributed by atoms with Crippen LogP contribution in [0.25, 0.3) is 0 Å². The fraction of sp³-hybridized carbons (Fsp3) is 0.647. The second-order valence-electron chi connectivity index (χ2n) is 6.18. The number of para-hydroxylation sites is 1. The molecule has 0 radical (unpaired) electrons. The lowest BCUT2D eigenvalue weighted by Crippen LogP contribution is -2.32. The maximum Gasteiger partial charge on any atom is 0.0807 e. The lowest BCUT2D eigenvalue weighted by atomic mass is 10.0. The molecule has 2 heteroatoms. The van der Waals surface area contributed by atoms with Crippen molar-refractivity contribution in [3.05, 3.63) is 29.8 Å². The van der Waals surface area contributed by atoms with Gasteiger partial charge >= 0.3 is 0 Å². The third-order valence-corrected chi connectivity index (χ3v) is 3.19. The summed E-state index contributed by atoms with van der Waals surface area (Å²) in [5.74, 6) is 1.23. The normalized spacial score (nSPS) is 13.1. The monoisotopic (exact) mass is 263 g/mol. The van der Waals surface area contributed by atoms with E-state index in [2.05, 4.69) is 50.8 Å². The van der Waals surface area contributed by atoms with Crippen LogP contribution in [0.2, 0.25) is 0 Å². The van der Waals surface area contributed by atoms with Crippen LogP contribution in [-0.4, -0.2) is 18.2 Å². The van der Waals surface area contributed by atoms with Crippen LogP contribution in [0.5, 0.6) is 0 Å². The zero-order valence-electron chi connectivity index (χ0n) is 13.1. The van der Waals surface area contributed by atoms with Gasteiger partial charge in [-0.25, -0.2) is 0 Å². The topological polar surface area (TPSA) is 23.5 Å². The molecule has 0 aliphatic carbocycles. The first-order chi connectivity index (χ1) is 8.95. The SMILES string of the molecule is CC[C@H](O)c1ccccc1N(CC(C)C)CC(C)C. The zero-order valence-corrected chi connectivity index (χ0v) is 13.1. The Kier molecular flexibility index (Phi) is 6.36. The Labute approximate surface area is 118 Å². The minimum atomic E-state index is -0.363. The molecule has 19 heavy (non-hydrogen) atoms. The van der Waals surface area contributed by atoms with Gasteiger partial charge in [0.2, 0.25) is 0 Å². The van der Waals surface area contributed by atoms with E-state index in [1.54, 1.807) is 0 Å². The number of benzene rings is 1. The first-order valence-corrected chi connectivity index (χ1v) is 7.47. The van der Waals surface area contributed by atoms with Crippen molar-refractivity contribution in [1.82, 2.24) is 0 Å². The quantitative estimate of drug-likeness (QED) is 0.795. The van der Waals surface area contributed by atoms with Crippen LogP contribution < -0.4 is 4.90 Å². The second kappa shape index (κ2) is 7.54. The van der Waals surface area contributed by atoms with Crippen LogP contribution in [0, 0.1) is 11.8 Å². The summed E-state index contributed by atoms with van der Waals surface area (Å²) in [6, 6.07) is 8.27. The summed E-state index contributed by atoms with van der Waals surface area (Å²) in [5.41, 5.74) is 2.26. The van der Waals surface area contributed by atoms with Crippen LogP contribution in [0.3, 0.4) is 0 Å². The van der Waals surface area contributed by atoms with E-state index in [1.165, 1.54) is 5.69 Å². The molecule has 0 aliphatic heterocycles. The molecule has 1 atom stereocenters. The van der Waals surface area contributed by atoms with E-state index < -0.39 is 0 Å². The van der Waals surface area contributed by atoms with E-state index in [0.717, 1.165) is 25.1 Å². The molecule has 0 unspecified atom stereocenters. The molecule has 0 spiro atoms. The minimum absolute atomic E-state index is 0.363. The molecule has 0 aromatic heterocycles. The third-order valence-electron chi connectivity index (χ3n) is 3.19. The van der Waals surface area contributed by atoms with Gasteiger partial charge in [0.05, 0.1) is 6.10 Å². The van der Waals surface area contributed by atoms with Crippen molar-refractivity contribution >= 4 is 5.69 Å². The smallest absolute Gasteiger partial charge is 0.0807 e. The van der Waals surface area contributed by atoms with Crippen molar-refractivity contribution in [3.63, 3.8) is 0 Å². The molecule has 1 aromatic rings. The summed E-state index contributed by atoms with van der Waals surface area (Å²) in [6.45, 7) is 13.1. The number of hydrogen-bond acceptors (Lipinski definition) is 2. The Morgan fingerprint density at radius 1 is 1.00 bits per heavy atom. The Morgan fingerprint density at radius 3 is 2.00 bits per heavy atom. The van der Waals surface area contributed by atoms with Crippen LogP contribution >= 0.6 is 0 Å². The molecule has 1 N–H and O–H groups in total. The number of aliphatic hydroxyl groups is 1. The van der Waals surface area contributed by atoms with Crippen molar-refractivity contribution in [2.24, 2.45) is 11.8 Å². The molecule has 108 valence electrons. The van der Waals surface area contributed by atoms with Crippen molar-refractivity contribution in [2.45, 2.75) is 47.1 Å². The first kappa shape index (κ1) is 16.0. The number of nitrogens with zero attached hydrogens (tertiary/aromatic N) is 1. The third kappa shape index (κ3) is 4.87. The lowest BCUT2D eigenvalue weighted by molar-refractivity contribution is 0.174. The van der Waals surface area contributed by atoms with E-state index in [-0.39, 0.29) is 6.10 Å². The van der Waals surface area contributed by atoms with Crippen LogP contribution in [-0.2, 0) is 0 Å². The second-order valence-corrected chi connectivity index (χ2v) is 6.18. The maximum absolute atomic E-state index is 10.2. The van der Waals surface area contributed by atoms with Gasteiger partial charge in [0.15, 0.2) is 0 Å². The number of aliphatic hydroxyl groups excluding tert-OH is 1. The number of anilines is 1. The largest absolute Gasteiger partial charge is 0.388 e. The Bertz CT molecular complexity index is 363. The average molecular weight is 263 g/mol. The van der Waals surface area contributed by atoms with Crippen molar-refractivity contribution in [2.75, 3.05) is 18.0 Å². The molecular formula is C17H29NO. The van der Waals surface area contributed by atoms with Crippen molar-refractivity contribution < 1.29 is 5.11 Å². The standard InChI is InChI=1S/C17H29NO/c1-6-17(19)15-9-7-8-10-16(15)18(11-13(2)3)12-14(4)5/h7-10,13-14,17,19H,6,11-12H2,1-5H3/t17-/m0/s1. The molecule has 0 amide bonds. The maximum atomic E-state index is 10.2. The minimum Gasteiger partial charge on any atom is -0.388 e. The summed E-state index contributed by atoms with van der Waals surface area (Å²) < 4.78 is 0. The van der Waals surface area contributed by atoms with Gasteiger partial charge in [-0.15, -0.1) is 0 Å². The zero-order chi connectivity index (χ0) is 14.4. The molecule has 0 bridgehead atoms. The Hall–Kier alpha value is -1.02. The highest BCUT2D eigenvalue weighted by Crippen LogP contribution is 2.29. The highest BCUT2D eigenvalue weighted by atomic mass is 16.3. The molecule has 1 rings (SSSR count). The van der Waals surface area contributed by atoms with E-state index in [4.69, 9.17) is 0 Å². The molecule has 2 nitrogen and oxygen atoms in total. The van der Waals surface area contributed by atoms with Crippen LogP contribution in [0.1, 0.15) is 52.7 Å².